The molecule has 2 bridgehead atoms. The van der Waals surface area contributed by atoms with Gasteiger partial charge in [-0.25, -0.2) is 0 Å². The smallest absolute Gasteiger partial charge is 0.276 e. The Hall–Kier alpha value is -2.63. The lowest BCUT2D eigenvalue weighted by Crippen LogP contribution is -2.49. The largest absolute Gasteiger partial charge is 0.484 e. The summed E-state index contributed by atoms with van der Waals surface area (Å²) in [5.41, 5.74) is 6.20. The quantitative estimate of drug-likeness (QED) is 0.610. The molecule has 3 fully saturated rings. The van der Waals surface area contributed by atoms with Crippen LogP contribution in [0, 0.1) is 23.7 Å². The van der Waals surface area contributed by atoms with E-state index in [1.807, 2.05) is 24.3 Å². The monoisotopic (exact) mass is 410 g/mol. The number of carbonyl (C=O) groups excluding carboxylic acids is 3. The zero-order chi connectivity index (χ0) is 21.8. The molecule has 2 aliphatic carbocycles. The van der Waals surface area contributed by atoms with E-state index >= 15 is 0 Å². The number of rotatable bonds is 4. The maximum atomic E-state index is 12.9. The molecular weight excluding hydrogens is 380 g/mol. The van der Waals surface area contributed by atoms with Gasteiger partial charge in [0, 0.05) is 0 Å². The normalized spacial score (nSPS) is 27.5. The third-order valence-corrected chi connectivity index (χ3v) is 6.76. The highest BCUT2D eigenvalue weighted by molar-refractivity contribution is 6.07. The third-order valence-electron chi connectivity index (χ3n) is 6.76. The van der Waals surface area contributed by atoms with Crippen molar-refractivity contribution in [2.75, 3.05) is 6.61 Å². The Kier molecular flexibility index (Phi) is 4.99. The van der Waals surface area contributed by atoms with E-state index in [2.05, 4.69) is 40.0 Å². The van der Waals surface area contributed by atoms with Gasteiger partial charge in [-0.05, 0) is 61.6 Å². The van der Waals surface area contributed by atoms with Gasteiger partial charge in [0.1, 0.15) is 5.75 Å². The first kappa shape index (κ1) is 20.6. The molecule has 0 radical (unpaired) electrons. The molecule has 4 atom stereocenters. The van der Waals surface area contributed by atoms with Crippen molar-refractivity contribution in [2.45, 2.75) is 52.9 Å². The Bertz CT molecular complexity index is 890. The Labute approximate surface area is 177 Å². The molecule has 1 saturated heterocycles. The van der Waals surface area contributed by atoms with E-state index in [4.69, 9.17) is 4.74 Å². The predicted octanol–water partition coefficient (Wildman–Crippen LogP) is 3.37. The fraction of sp³-hybridized carbons (Fsp3) is 0.542. The van der Waals surface area contributed by atoms with Gasteiger partial charge in [-0.3, -0.25) is 19.8 Å². The topological polar surface area (TPSA) is 75.7 Å². The van der Waals surface area contributed by atoms with Crippen LogP contribution in [0.4, 0.5) is 0 Å². The van der Waals surface area contributed by atoms with E-state index in [-0.39, 0.29) is 47.5 Å². The molecule has 0 unspecified atom stereocenters. The molecule has 1 N–H and O–H groups in total. The highest BCUT2D eigenvalue weighted by Gasteiger charge is 2.63. The summed E-state index contributed by atoms with van der Waals surface area (Å²) < 4.78 is 5.54. The fourth-order valence-corrected chi connectivity index (χ4v) is 5.46. The summed E-state index contributed by atoms with van der Waals surface area (Å²) in [6.07, 6.45) is 1.89. The number of allylic oxidation sites excluding steroid dienone is 2. The third kappa shape index (κ3) is 3.32. The number of ether oxygens (including phenoxy) is 1. The molecule has 1 aromatic carbocycles. The van der Waals surface area contributed by atoms with Crippen LogP contribution in [0.1, 0.15) is 53.0 Å². The Morgan fingerprint density at radius 3 is 2.03 bits per heavy atom. The summed E-state index contributed by atoms with van der Waals surface area (Å²) in [6.45, 7) is 10.2. The first-order chi connectivity index (χ1) is 14.1. The van der Waals surface area contributed by atoms with E-state index in [0.717, 1.165) is 17.9 Å². The van der Waals surface area contributed by atoms with Crippen LogP contribution in [-0.4, -0.2) is 29.3 Å². The molecule has 1 heterocycles. The number of hydrogen-bond acceptors (Lipinski definition) is 4. The molecule has 2 saturated carbocycles. The van der Waals surface area contributed by atoms with Gasteiger partial charge in [-0.1, -0.05) is 44.1 Å². The second-order valence-electron chi connectivity index (χ2n) is 9.91. The summed E-state index contributed by atoms with van der Waals surface area (Å²) in [6, 6.07) is 7.59. The van der Waals surface area contributed by atoms with Crippen molar-refractivity contribution in [3.63, 3.8) is 0 Å². The number of nitrogens with zero attached hydrogens (tertiary/aromatic N) is 1. The van der Waals surface area contributed by atoms with E-state index in [0.29, 0.717) is 5.75 Å². The van der Waals surface area contributed by atoms with Gasteiger partial charge in [-0.15, -0.1) is 0 Å². The Balaban J connectivity index is 1.38. The minimum atomic E-state index is -0.508. The Morgan fingerprint density at radius 2 is 1.57 bits per heavy atom. The number of imide groups is 1. The van der Waals surface area contributed by atoms with E-state index in [1.54, 1.807) is 0 Å². The first-order valence-corrected chi connectivity index (χ1v) is 10.7. The van der Waals surface area contributed by atoms with Crippen molar-refractivity contribution in [3.05, 3.63) is 41.0 Å². The standard InChI is InChI=1S/C24H30N2O4/c1-13(2)19-16-10-11-17(19)21-20(16)22(28)26(23(21)29)25-18(27)12-30-15-8-6-14(7-9-15)24(3,4)5/h6-9,16-17,20-21H,10-12H2,1-5H3,(H,25,27)/t16-,17-,20+,21+/m0/s1. The summed E-state index contributed by atoms with van der Waals surface area (Å²) in [7, 11) is 0. The van der Waals surface area contributed by atoms with Crippen LogP contribution in [0.15, 0.2) is 35.4 Å². The lowest BCUT2D eigenvalue weighted by molar-refractivity contribution is -0.150. The molecule has 4 rings (SSSR count). The summed E-state index contributed by atoms with van der Waals surface area (Å²) in [4.78, 5) is 38.2. The van der Waals surface area contributed by atoms with Gasteiger partial charge < -0.3 is 4.74 Å². The number of nitrogens with one attached hydrogen (secondary N) is 1. The lowest BCUT2D eigenvalue weighted by atomic mass is 9.81. The van der Waals surface area contributed by atoms with E-state index in [9.17, 15) is 14.4 Å². The molecule has 0 aromatic heterocycles. The van der Waals surface area contributed by atoms with Crippen LogP contribution in [0.25, 0.3) is 0 Å². The second-order valence-corrected chi connectivity index (χ2v) is 9.91. The zero-order valence-electron chi connectivity index (χ0n) is 18.3. The Morgan fingerprint density at radius 1 is 1.03 bits per heavy atom. The van der Waals surface area contributed by atoms with Crippen molar-refractivity contribution in [3.8, 4) is 5.75 Å². The first-order valence-electron chi connectivity index (χ1n) is 10.7. The number of hydrogen-bond donors (Lipinski definition) is 1. The van der Waals surface area contributed by atoms with Gasteiger partial charge in [-0.2, -0.15) is 5.01 Å². The number of carbonyl (C=O) groups is 3. The molecule has 1 aromatic rings. The van der Waals surface area contributed by atoms with Crippen LogP contribution >= 0.6 is 0 Å². The summed E-state index contributed by atoms with van der Waals surface area (Å²) >= 11 is 0. The molecule has 3 amide bonds. The van der Waals surface area contributed by atoms with Gasteiger partial charge in [0.15, 0.2) is 6.61 Å². The number of fused-ring (bicyclic) bond motifs is 5. The average molecular weight is 411 g/mol. The predicted molar refractivity (Wildman–Crippen MR) is 112 cm³/mol. The molecule has 30 heavy (non-hydrogen) atoms. The van der Waals surface area contributed by atoms with Crippen molar-refractivity contribution >= 4 is 17.7 Å². The maximum absolute atomic E-state index is 12.9. The van der Waals surface area contributed by atoms with E-state index in [1.165, 1.54) is 16.7 Å². The molecular formula is C24H30N2O4. The van der Waals surface area contributed by atoms with Crippen LogP contribution in [-0.2, 0) is 19.8 Å². The SMILES string of the molecule is CC(C)=C1[C@@H]2CC[C@@H]1[C@H]1C(=O)N(NC(=O)COc3ccc(C(C)(C)C)cc3)C(=O)[C@@H]12. The van der Waals surface area contributed by atoms with Crippen LogP contribution in [0.2, 0.25) is 0 Å². The van der Waals surface area contributed by atoms with E-state index < -0.39 is 5.91 Å². The van der Waals surface area contributed by atoms with Gasteiger partial charge in [0.05, 0.1) is 11.8 Å². The van der Waals surface area contributed by atoms with Gasteiger partial charge in [0.2, 0.25) is 0 Å². The van der Waals surface area contributed by atoms with Crippen molar-refractivity contribution in [2.24, 2.45) is 23.7 Å². The zero-order valence-corrected chi connectivity index (χ0v) is 18.3. The summed E-state index contributed by atoms with van der Waals surface area (Å²) in [5, 5.41) is 0.941. The van der Waals surface area contributed by atoms with Gasteiger partial charge >= 0.3 is 0 Å². The highest BCUT2D eigenvalue weighted by atomic mass is 16.5. The van der Waals surface area contributed by atoms with Crippen LogP contribution < -0.4 is 10.2 Å². The number of benzene rings is 1. The van der Waals surface area contributed by atoms with Crippen molar-refractivity contribution in [1.29, 1.82) is 0 Å². The molecule has 6 nitrogen and oxygen atoms in total. The van der Waals surface area contributed by atoms with Crippen LogP contribution in [0.5, 0.6) is 5.75 Å². The molecule has 160 valence electrons. The van der Waals surface area contributed by atoms with Crippen molar-refractivity contribution in [1.82, 2.24) is 10.4 Å². The molecule has 3 aliphatic rings. The number of hydrazine groups is 1. The molecule has 0 spiro atoms. The molecule has 6 heteroatoms. The number of amides is 3. The minimum absolute atomic E-state index is 0.0369. The minimum Gasteiger partial charge on any atom is -0.484 e. The lowest BCUT2D eigenvalue weighted by Gasteiger charge is -2.20. The second kappa shape index (κ2) is 7.25. The van der Waals surface area contributed by atoms with Crippen LogP contribution in [0.3, 0.4) is 0 Å². The average Bonchev–Trinajstić information content (AvgIpc) is 3.32. The van der Waals surface area contributed by atoms with Gasteiger partial charge in [0.25, 0.3) is 17.7 Å². The maximum Gasteiger partial charge on any atom is 0.276 e. The summed E-state index contributed by atoms with van der Waals surface area (Å²) in [5.74, 6) is -0.870. The van der Waals surface area contributed by atoms with Crippen molar-refractivity contribution < 1.29 is 19.1 Å². The fourth-order valence-electron chi connectivity index (χ4n) is 5.46. The highest BCUT2D eigenvalue weighted by Crippen LogP contribution is 2.59. The molecule has 1 aliphatic heterocycles.